The number of aliphatic carboxylic acids is 1. The third-order valence-corrected chi connectivity index (χ3v) is 0.764. The van der Waals surface area contributed by atoms with E-state index < -0.39 is 5.97 Å². The molecule has 0 aromatic rings. The van der Waals surface area contributed by atoms with Gasteiger partial charge in [0.15, 0.2) is 0 Å². The smallest absolute Gasteiger partial charge is 0.329 e. The molecule has 3 nitrogen and oxygen atoms in total. The van der Waals surface area contributed by atoms with Crippen LogP contribution in [0.25, 0.3) is 0 Å². The van der Waals surface area contributed by atoms with Gasteiger partial charge in [0.25, 0.3) is 0 Å². The van der Waals surface area contributed by atoms with Gasteiger partial charge in [-0.15, -0.1) is 0 Å². The molecule has 0 aliphatic carbocycles. The summed E-state index contributed by atoms with van der Waals surface area (Å²) >= 11 is 0. The Morgan fingerprint density at radius 2 is 2.33 bits per heavy atom. The van der Waals surface area contributed by atoms with Crippen molar-refractivity contribution in [3.8, 4) is 0 Å². The Balaban J connectivity index is 2.83. The van der Waals surface area contributed by atoms with Crippen LogP contribution in [0, 0.1) is 6.92 Å². The normalized spacial score (nSPS) is 9.44. The first kappa shape index (κ1) is 8.43. The van der Waals surface area contributed by atoms with Crippen molar-refractivity contribution in [3.05, 3.63) is 6.92 Å². The lowest BCUT2D eigenvalue weighted by Crippen LogP contribution is -2.07. The number of carbonyl (C=O) groups is 1. The number of ether oxygens (including phenoxy) is 1. The minimum atomic E-state index is -0.918. The summed E-state index contributed by atoms with van der Waals surface area (Å²) in [5.41, 5.74) is 0. The van der Waals surface area contributed by atoms with E-state index in [0.717, 1.165) is 12.8 Å². The summed E-state index contributed by atoms with van der Waals surface area (Å²) in [5.74, 6) is -0.918. The second-order valence-electron chi connectivity index (χ2n) is 1.65. The van der Waals surface area contributed by atoms with Crippen molar-refractivity contribution < 1.29 is 14.6 Å². The van der Waals surface area contributed by atoms with Gasteiger partial charge in [0.2, 0.25) is 0 Å². The van der Waals surface area contributed by atoms with Crippen LogP contribution in [0.15, 0.2) is 0 Å². The molecular formula is C6H11O3. The maximum atomic E-state index is 9.82. The topological polar surface area (TPSA) is 46.5 Å². The number of hydrogen-bond acceptors (Lipinski definition) is 2. The summed E-state index contributed by atoms with van der Waals surface area (Å²) in [6, 6.07) is 0. The van der Waals surface area contributed by atoms with Crippen LogP contribution in [-0.2, 0) is 9.53 Å². The molecule has 0 saturated heterocycles. The highest BCUT2D eigenvalue weighted by Crippen LogP contribution is 1.86. The predicted molar refractivity (Wildman–Crippen MR) is 33.0 cm³/mol. The molecule has 0 heterocycles. The van der Waals surface area contributed by atoms with Gasteiger partial charge in [-0.1, -0.05) is 13.3 Å². The molecule has 0 unspecified atom stereocenters. The molecule has 0 bridgehead atoms. The molecule has 53 valence electrons. The third-order valence-electron chi connectivity index (χ3n) is 0.764. The Labute approximate surface area is 54.6 Å². The summed E-state index contributed by atoms with van der Waals surface area (Å²) < 4.78 is 4.70. The van der Waals surface area contributed by atoms with Crippen molar-refractivity contribution in [3.63, 3.8) is 0 Å². The fraction of sp³-hybridized carbons (Fsp3) is 0.667. The van der Waals surface area contributed by atoms with Gasteiger partial charge in [-0.3, -0.25) is 0 Å². The zero-order valence-corrected chi connectivity index (χ0v) is 5.30. The maximum absolute atomic E-state index is 9.82. The fourth-order valence-corrected chi connectivity index (χ4v) is 0.364. The first-order valence-electron chi connectivity index (χ1n) is 2.86. The Morgan fingerprint density at radius 1 is 1.67 bits per heavy atom. The van der Waals surface area contributed by atoms with Crippen LogP contribution in [0.5, 0.6) is 0 Å². The van der Waals surface area contributed by atoms with Gasteiger partial charge >= 0.3 is 5.97 Å². The molecule has 0 fully saturated rings. The zero-order valence-electron chi connectivity index (χ0n) is 5.30. The molecule has 0 aromatic carbocycles. The lowest BCUT2D eigenvalue weighted by atomic mass is 10.4. The van der Waals surface area contributed by atoms with E-state index in [1.807, 2.05) is 0 Å². The number of unbranched alkanes of at least 4 members (excludes halogenated alkanes) is 1. The molecular weight excluding hydrogens is 120 g/mol. The fourth-order valence-electron chi connectivity index (χ4n) is 0.364. The minimum Gasteiger partial charge on any atom is -0.480 e. The van der Waals surface area contributed by atoms with Gasteiger partial charge in [0.1, 0.15) is 6.61 Å². The molecule has 1 N–H and O–H groups in total. The molecule has 9 heavy (non-hydrogen) atoms. The van der Waals surface area contributed by atoms with E-state index in [1.54, 1.807) is 0 Å². The molecule has 0 spiro atoms. The summed E-state index contributed by atoms with van der Waals surface area (Å²) in [5, 5.41) is 8.07. The highest BCUT2D eigenvalue weighted by Gasteiger charge is 1.93. The van der Waals surface area contributed by atoms with Crippen molar-refractivity contribution in [2.45, 2.75) is 12.8 Å². The van der Waals surface area contributed by atoms with E-state index in [-0.39, 0.29) is 6.61 Å². The Bertz CT molecular complexity index is 80.4. The second kappa shape index (κ2) is 5.56. The van der Waals surface area contributed by atoms with Gasteiger partial charge in [0, 0.05) is 6.61 Å². The van der Waals surface area contributed by atoms with Crippen LogP contribution < -0.4 is 0 Å². The first-order valence-corrected chi connectivity index (χ1v) is 2.86. The van der Waals surface area contributed by atoms with Gasteiger partial charge < -0.3 is 9.84 Å². The van der Waals surface area contributed by atoms with Gasteiger partial charge in [-0.25, -0.2) is 4.79 Å². The first-order chi connectivity index (χ1) is 4.27. The summed E-state index contributed by atoms with van der Waals surface area (Å²) in [6.45, 7) is 3.88. The van der Waals surface area contributed by atoms with E-state index in [4.69, 9.17) is 9.84 Å². The minimum absolute atomic E-state index is 0.194. The third kappa shape index (κ3) is 7.43. The number of rotatable bonds is 5. The maximum Gasteiger partial charge on any atom is 0.329 e. The summed E-state index contributed by atoms with van der Waals surface area (Å²) in [6.07, 6.45) is 1.62. The molecule has 0 aromatic heterocycles. The number of carboxylic acids is 1. The lowest BCUT2D eigenvalue weighted by Gasteiger charge is -1.96. The Morgan fingerprint density at radius 3 is 2.78 bits per heavy atom. The molecule has 0 aliphatic rings. The van der Waals surface area contributed by atoms with Crippen LogP contribution >= 0.6 is 0 Å². The van der Waals surface area contributed by atoms with E-state index in [2.05, 4.69) is 6.92 Å². The average Bonchev–Trinajstić information content (AvgIpc) is 1.80. The van der Waals surface area contributed by atoms with Gasteiger partial charge in [0.05, 0.1) is 0 Å². The Kier molecular flexibility index (Phi) is 5.21. The van der Waals surface area contributed by atoms with Crippen molar-refractivity contribution in [1.82, 2.24) is 0 Å². The molecule has 0 saturated carbocycles. The predicted octanol–water partition coefficient (Wildman–Crippen LogP) is 0.702. The van der Waals surface area contributed by atoms with Crippen LogP contribution in [0.1, 0.15) is 12.8 Å². The summed E-state index contributed by atoms with van der Waals surface area (Å²) in [4.78, 5) is 9.82. The van der Waals surface area contributed by atoms with Crippen LogP contribution in [0.3, 0.4) is 0 Å². The molecule has 0 atom stereocenters. The van der Waals surface area contributed by atoms with Crippen molar-refractivity contribution in [2.24, 2.45) is 0 Å². The van der Waals surface area contributed by atoms with Crippen molar-refractivity contribution in [2.75, 3.05) is 13.2 Å². The number of hydrogen-bond donors (Lipinski definition) is 1. The van der Waals surface area contributed by atoms with Gasteiger partial charge in [-0.2, -0.15) is 0 Å². The van der Waals surface area contributed by atoms with Crippen LogP contribution in [-0.4, -0.2) is 24.3 Å². The van der Waals surface area contributed by atoms with E-state index >= 15 is 0 Å². The standard InChI is InChI=1S/C6H11O3/c1-2-3-4-9-5-6(7)8/h1-5H2,(H,7,8). The van der Waals surface area contributed by atoms with E-state index in [0.29, 0.717) is 6.61 Å². The monoisotopic (exact) mass is 131 g/mol. The summed E-state index contributed by atoms with van der Waals surface area (Å²) in [7, 11) is 0. The van der Waals surface area contributed by atoms with Gasteiger partial charge in [-0.05, 0) is 6.42 Å². The largest absolute Gasteiger partial charge is 0.480 e. The van der Waals surface area contributed by atoms with E-state index in [9.17, 15) is 4.79 Å². The SMILES string of the molecule is [CH2]CCCOCC(=O)O. The second-order valence-corrected chi connectivity index (χ2v) is 1.65. The number of carboxylic acid groups (broad SMARTS) is 1. The van der Waals surface area contributed by atoms with Crippen molar-refractivity contribution >= 4 is 5.97 Å². The molecule has 0 amide bonds. The lowest BCUT2D eigenvalue weighted by molar-refractivity contribution is -0.142. The Hall–Kier alpha value is -0.570. The van der Waals surface area contributed by atoms with Crippen molar-refractivity contribution in [1.29, 1.82) is 0 Å². The molecule has 1 radical (unpaired) electrons. The average molecular weight is 131 g/mol. The molecule has 3 heteroatoms. The van der Waals surface area contributed by atoms with Crippen LogP contribution in [0.4, 0.5) is 0 Å². The molecule has 0 aliphatic heterocycles. The van der Waals surface area contributed by atoms with E-state index in [1.165, 1.54) is 0 Å². The molecule has 0 rings (SSSR count). The zero-order chi connectivity index (χ0) is 7.11. The quantitative estimate of drug-likeness (QED) is 0.559. The van der Waals surface area contributed by atoms with Crippen LogP contribution in [0.2, 0.25) is 0 Å². The highest BCUT2D eigenvalue weighted by molar-refractivity contribution is 5.67. The highest BCUT2D eigenvalue weighted by atomic mass is 16.5.